The molecule has 6 N–H and O–H groups in total. The van der Waals surface area contributed by atoms with E-state index in [0.29, 0.717) is 49.3 Å². The Labute approximate surface area is 427 Å². The minimum Gasteiger partial charge on any atom is -0.367 e. The number of nitrogens with zero attached hydrogens (tertiary/aromatic N) is 2. The van der Waals surface area contributed by atoms with E-state index in [1.165, 1.54) is 0 Å². The molecule has 5 amide bonds. The van der Waals surface area contributed by atoms with Crippen molar-refractivity contribution in [3.63, 3.8) is 0 Å². The summed E-state index contributed by atoms with van der Waals surface area (Å²) in [5.41, 5.74) is 3.12. The van der Waals surface area contributed by atoms with Gasteiger partial charge in [0.15, 0.2) is 0 Å². The molecule has 4 heterocycles. The highest BCUT2D eigenvalue weighted by molar-refractivity contribution is 8.00. The van der Waals surface area contributed by atoms with Gasteiger partial charge in [0.05, 0.1) is 52.1 Å². The number of thioether (sulfide) groups is 2. The summed E-state index contributed by atoms with van der Waals surface area (Å²) in [4.78, 5) is 74.7. The Kier molecular flexibility index (Phi) is 16.3. The molecule has 0 spiro atoms. The maximum absolute atomic E-state index is 14.6. The van der Waals surface area contributed by atoms with Crippen LogP contribution in [0.15, 0.2) is 48.5 Å². The third-order valence-corrected chi connectivity index (χ3v) is 18.2. The van der Waals surface area contributed by atoms with Crippen LogP contribution in [0.25, 0.3) is 0 Å². The molecule has 15 nitrogen and oxygen atoms in total. The van der Waals surface area contributed by atoms with Crippen LogP contribution in [0.3, 0.4) is 0 Å². The van der Waals surface area contributed by atoms with Crippen LogP contribution >= 0.6 is 35.7 Å². The van der Waals surface area contributed by atoms with E-state index < -0.39 is 59.2 Å². The number of benzene rings is 2. The Balaban J connectivity index is 0.911. The lowest BCUT2D eigenvalue weighted by Crippen LogP contribution is -2.58. The fourth-order valence-electron chi connectivity index (χ4n) is 11.2. The maximum atomic E-state index is 14.6. The van der Waals surface area contributed by atoms with Crippen molar-refractivity contribution in [1.29, 1.82) is 0 Å². The van der Waals surface area contributed by atoms with E-state index in [-0.39, 0.29) is 65.6 Å². The lowest BCUT2D eigenvalue weighted by Gasteiger charge is -2.35. The number of thiocarbonyl (C=S) groups is 1. The topological polar surface area (TPSA) is 182 Å². The number of likely N-dealkylation sites (N-methyl/N-ethyl adjacent to an activating group) is 2. The molecule has 0 bridgehead atoms. The lowest BCUT2D eigenvalue weighted by molar-refractivity contribution is -0.144. The molecule has 4 aliphatic heterocycles. The minimum absolute atomic E-state index is 0.0956. The fraction of sp³-hybridized carbons (Fsp3) is 0.615. The predicted molar refractivity (Wildman–Crippen MR) is 278 cm³/mol. The first-order chi connectivity index (χ1) is 33.4. The molecule has 4 saturated heterocycles. The van der Waals surface area contributed by atoms with E-state index in [0.717, 1.165) is 28.0 Å². The molecule has 378 valence electrons. The maximum Gasteiger partial charge on any atom is 0.246 e. The molecule has 0 saturated carbocycles. The summed E-state index contributed by atoms with van der Waals surface area (Å²) in [6.07, 6.45) is 2.83. The van der Waals surface area contributed by atoms with Crippen molar-refractivity contribution in [2.75, 3.05) is 38.8 Å². The zero-order chi connectivity index (χ0) is 50.1. The van der Waals surface area contributed by atoms with Gasteiger partial charge in [-0.2, -0.15) is 0 Å². The highest BCUT2D eigenvalue weighted by Gasteiger charge is 2.57. The Bertz CT molecular complexity index is 2230. The summed E-state index contributed by atoms with van der Waals surface area (Å²) < 4.78 is 12.9. The molecule has 0 unspecified atom stereocenters. The minimum atomic E-state index is -0.749. The molecule has 70 heavy (non-hydrogen) atoms. The molecule has 6 aliphatic rings. The van der Waals surface area contributed by atoms with Crippen molar-refractivity contribution >= 4 is 70.3 Å². The smallest absolute Gasteiger partial charge is 0.246 e. The normalized spacial score (nSPS) is 30.3. The predicted octanol–water partition coefficient (Wildman–Crippen LogP) is 3.75. The van der Waals surface area contributed by atoms with Gasteiger partial charge in [-0.1, -0.05) is 100 Å². The molecule has 4 fully saturated rings. The van der Waals surface area contributed by atoms with Crippen LogP contribution in [-0.4, -0.2) is 142 Å². The summed E-state index contributed by atoms with van der Waals surface area (Å²) in [6, 6.07) is 11.9. The van der Waals surface area contributed by atoms with Crippen LogP contribution in [-0.2, 0) is 46.3 Å². The van der Waals surface area contributed by atoms with Crippen molar-refractivity contribution in [2.24, 2.45) is 10.8 Å². The van der Waals surface area contributed by atoms with Gasteiger partial charge in [-0.3, -0.25) is 24.0 Å². The van der Waals surface area contributed by atoms with Gasteiger partial charge in [0.1, 0.15) is 37.4 Å². The number of amides is 5. The highest BCUT2D eigenvalue weighted by Crippen LogP contribution is 2.48. The third-order valence-electron chi connectivity index (χ3n) is 15.2. The number of fused-ring (bicyclic) bond motifs is 4. The summed E-state index contributed by atoms with van der Waals surface area (Å²) in [6.45, 7) is 12.1. The van der Waals surface area contributed by atoms with Crippen LogP contribution < -0.4 is 31.9 Å². The first-order valence-electron chi connectivity index (χ1n) is 24.7. The molecule has 2 aliphatic carbocycles. The van der Waals surface area contributed by atoms with Gasteiger partial charge >= 0.3 is 0 Å². The number of carbonyl (C=O) groups is 5. The van der Waals surface area contributed by atoms with Crippen LogP contribution in [0.4, 0.5) is 0 Å². The Hall–Kier alpha value is -4.22. The SMILES string of the molecule is CN[C@@H](C)C(=O)N[C@H]1CCS[C@H]2CC(C)(C)[C@@H](C(=O)N[C@H]3c4ccccc4C[C@H]3OCC#CCO[C@@H]3Cc4ccccc4[C@@H]3NC(=O)[C@H]3N4C(=O)[C@@H](NC(=S)[C@H](C)NC)CCS[C@H]4CC3(C)C)N2C1=O. The number of ether oxygens (including phenoxy) is 2. The van der Waals surface area contributed by atoms with E-state index in [9.17, 15) is 24.0 Å². The molecule has 18 heteroatoms. The van der Waals surface area contributed by atoms with Crippen LogP contribution in [0.1, 0.15) is 102 Å². The second-order valence-electron chi connectivity index (χ2n) is 20.9. The molecular formula is C52H70N8O7S3. The Morgan fingerprint density at radius 2 is 1.11 bits per heavy atom. The average Bonchev–Trinajstić information content (AvgIpc) is 3.97. The average molecular weight is 1020 g/mol. The number of nitrogens with one attached hydrogen (secondary N) is 6. The van der Waals surface area contributed by atoms with E-state index in [1.807, 2.05) is 75.2 Å². The van der Waals surface area contributed by atoms with Crippen molar-refractivity contribution in [3.05, 3.63) is 70.8 Å². The van der Waals surface area contributed by atoms with E-state index in [4.69, 9.17) is 21.7 Å². The zero-order valence-corrected chi connectivity index (χ0v) is 44.0. The van der Waals surface area contributed by atoms with Crippen molar-refractivity contribution in [3.8, 4) is 11.8 Å². The van der Waals surface area contributed by atoms with Gasteiger partial charge in [0, 0.05) is 12.8 Å². The van der Waals surface area contributed by atoms with Crippen molar-refractivity contribution in [1.82, 2.24) is 41.7 Å². The number of hydrogen-bond acceptors (Lipinski definition) is 12. The highest BCUT2D eigenvalue weighted by atomic mass is 32.2. The van der Waals surface area contributed by atoms with E-state index >= 15 is 0 Å². The number of carbonyl (C=O) groups excluding carboxylic acids is 5. The van der Waals surface area contributed by atoms with Gasteiger partial charge in [-0.05, 0) is 98.2 Å². The summed E-state index contributed by atoms with van der Waals surface area (Å²) in [5, 5.41) is 18.7. The first-order valence-corrected chi connectivity index (χ1v) is 27.2. The van der Waals surface area contributed by atoms with Crippen molar-refractivity contribution in [2.45, 2.75) is 151 Å². The molecule has 0 radical (unpaired) electrons. The Morgan fingerprint density at radius 3 is 1.56 bits per heavy atom. The van der Waals surface area contributed by atoms with Gasteiger partial charge in [0.25, 0.3) is 0 Å². The van der Waals surface area contributed by atoms with Gasteiger partial charge in [0.2, 0.25) is 29.5 Å². The van der Waals surface area contributed by atoms with Gasteiger partial charge < -0.3 is 51.2 Å². The molecule has 2 aromatic rings. The van der Waals surface area contributed by atoms with Crippen LogP contribution in [0.2, 0.25) is 0 Å². The van der Waals surface area contributed by atoms with Crippen LogP contribution in [0, 0.1) is 22.7 Å². The standard InChI is InChI=1S/C52H70N8O7S3/c1-29(53-7)45(61)55-35-19-23-69-39-27-51(3,4)43(59(39)49(35)64)46(62)57-41-33-17-11-9-15-31(33)25-37(41)66-21-13-14-22-67-38-26-32-16-10-12-18-34(32)42(38)58-47(63)44-52(5,6)28-40-60(44)50(65)36(20-24-70-40)56-48(68)30(2)54-8/h9-12,15-18,29-30,35-44,53-54H,19-28H2,1-8H3,(H,55,61)(H,56,68)(H,57,62)(H,58,63)/t29-,30-,35-,36-,37+,38+,39-,40-,41-,42-,43+,44+/m0/s1. The molecular weight excluding hydrogens is 945 g/mol. The van der Waals surface area contributed by atoms with Gasteiger partial charge in [-0.25, -0.2) is 0 Å². The second kappa shape index (κ2) is 21.9. The Morgan fingerprint density at radius 1 is 0.686 bits per heavy atom. The largest absolute Gasteiger partial charge is 0.367 e. The van der Waals surface area contributed by atoms with Crippen LogP contribution in [0.5, 0.6) is 0 Å². The van der Waals surface area contributed by atoms with E-state index in [1.54, 1.807) is 42.4 Å². The zero-order valence-electron chi connectivity index (χ0n) is 41.6. The first kappa shape index (κ1) is 52.1. The summed E-state index contributed by atoms with van der Waals surface area (Å²) >= 11 is 9.02. The van der Waals surface area contributed by atoms with E-state index in [2.05, 4.69) is 63.7 Å². The lowest BCUT2D eigenvalue weighted by atomic mass is 9.83. The van der Waals surface area contributed by atoms with Gasteiger partial charge in [-0.15, -0.1) is 23.5 Å². The summed E-state index contributed by atoms with van der Waals surface area (Å²) in [7, 11) is 3.53. The molecule has 2 aromatic carbocycles. The van der Waals surface area contributed by atoms with Crippen molar-refractivity contribution < 1.29 is 33.4 Å². The second-order valence-corrected chi connectivity index (χ2v) is 23.9. The molecule has 8 rings (SSSR count). The number of rotatable bonds is 14. The fourth-order valence-corrected chi connectivity index (χ4v) is 14.6. The monoisotopic (exact) mass is 1010 g/mol. The molecule has 0 aromatic heterocycles. The quantitative estimate of drug-likeness (QED) is 0.119. The molecule has 12 atom stereocenters. The summed E-state index contributed by atoms with van der Waals surface area (Å²) in [5.74, 6) is 6.69. The number of hydrogen-bond donors (Lipinski definition) is 6. The third kappa shape index (κ3) is 10.8.